The molecule has 7 heteroatoms. The van der Waals surface area contributed by atoms with Gasteiger partial charge in [0.1, 0.15) is 0 Å². The van der Waals surface area contributed by atoms with E-state index in [1.165, 1.54) is 11.8 Å². The summed E-state index contributed by atoms with van der Waals surface area (Å²) in [6, 6.07) is 17.8. The second-order valence-electron chi connectivity index (χ2n) is 6.40. The van der Waals surface area contributed by atoms with Crippen LogP contribution in [-0.4, -0.2) is 32.5 Å². The summed E-state index contributed by atoms with van der Waals surface area (Å²) in [4.78, 5) is 12.0. The minimum atomic E-state index is -0.0164. The number of rotatable bonds is 7. The fourth-order valence-corrected chi connectivity index (χ4v) is 3.49. The highest BCUT2D eigenvalue weighted by Crippen LogP contribution is 2.26. The second kappa shape index (κ2) is 9.06. The molecule has 1 aromatic heterocycles. The number of hydrogen-bond acceptors (Lipinski definition) is 4. The van der Waals surface area contributed by atoms with E-state index in [4.69, 9.17) is 11.6 Å². The summed E-state index contributed by atoms with van der Waals surface area (Å²) in [5, 5.41) is 13.0. The minimum Gasteiger partial charge on any atom is -0.353 e. The van der Waals surface area contributed by atoms with Gasteiger partial charge in [-0.3, -0.25) is 9.36 Å². The van der Waals surface area contributed by atoms with E-state index in [1.807, 2.05) is 60.9 Å². The van der Waals surface area contributed by atoms with Gasteiger partial charge in [0.25, 0.3) is 0 Å². The van der Waals surface area contributed by atoms with Gasteiger partial charge in [-0.1, -0.05) is 53.7 Å². The molecule has 1 N–H and O–H groups in total. The summed E-state index contributed by atoms with van der Waals surface area (Å²) in [7, 11) is 0. The molecular weight excluding hydrogens is 380 g/mol. The first-order valence-corrected chi connectivity index (χ1v) is 10.0. The summed E-state index contributed by atoms with van der Waals surface area (Å²) < 4.78 is 2.03. The molecular formula is C20H21ClN4OS. The second-order valence-corrected chi connectivity index (χ2v) is 7.77. The standard InChI is InChI=1S/C20H21ClN4OS/c1-14(2)22-18(26)13-27-20-24-23-19(16-8-10-17(21)11-9-16)25(20)12-15-6-4-3-5-7-15/h3-11,14H,12-13H2,1-2H3,(H,22,26). The zero-order chi connectivity index (χ0) is 19.2. The highest BCUT2D eigenvalue weighted by atomic mass is 35.5. The molecule has 0 spiro atoms. The molecule has 0 aliphatic carbocycles. The maximum atomic E-state index is 12.0. The molecule has 0 saturated carbocycles. The Kier molecular flexibility index (Phi) is 6.53. The van der Waals surface area contributed by atoms with Gasteiger partial charge in [-0.05, 0) is 43.7 Å². The number of hydrogen-bond donors (Lipinski definition) is 1. The van der Waals surface area contributed by atoms with E-state index in [0.717, 1.165) is 17.0 Å². The van der Waals surface area contributed by atoms with Crippen LogP contribution < -0.4 is 5.32 Å². The van der Waals surface area contributed by atoms with Crippen molar-refractivity contribution in [3.63, 3.8) is 0 Å². The van der Waals surface area contributed by atoms with E-state index in [9.17, 15) is 4.79 Å². The Morgan fingerprint density at radius 1 is 1.11 bits per heavy atom. The number of halogens is 1. The molecule has 0 aliphatic rings. The van der Waals surface area contributed by atoms with E-state index in [0.29, 0.717) is 22.5 Å². The van der Waals surface area contributed by atoms with E-state index < -0.39 is 0 Å². The molecule has 0 aliphatic heterocycles. The maximum absolute atomic E-state index is 12.0. The highest BCUT2D eigenvalue weighted by Gasteiger charge is 2.16. The molecule has 0 fully saturated rings. The third kappa shape index (κ3) is 5.34. The first-order valence-electron chi connectivity index (χ1n) is 8.68. The Hall–Kier alpha value is -2.31. The number of carbonyl (C=O) groups is 1. The van der Waals surface area contributed by atoms with E-state index in [-0.39, 0.29) is 11.9 Å². The molecule has 0 atom stereocenters. The first kappa shape index (κ1) is 19.5. The number of nitrogens with one attached hydrogen (secondary N) is 1. The average Bonchev–Trinajstić information content (AvgIpc) is 3.03. The van der Waals surface area contributed by atoms with Crippen molar-refractivity contribution in [3.05, 3.63) is 65.2 Å². The molecule has 140 valence electrons. The van der Waals surface area contributed by atoms with Crippen molar-refractivity contribution < 1.29 is 4.79 Å². The lowest BCUT2D eigenvalue weighted by atomic mass is 10.2. The quantitative estimate of drug-likeness (QED) is 0.602. The normalized spacial score (nSPS) is 11.0. The van der Waals surface area contributed by atoms with Crippen LogP contribution in [0, 0.1) is 0 Å². The average molecular weight is 401 g/mol. The van der Waals surface area contributed by atoms with Crippen molar-refractivity contribution in [1.29, 1.82) is 0 Å². The van der Waals surface area contributed by atoms with Crippen LogP contribution in [0.15, 0.2) is 59.8 Å². The van der Waals surface area contributed by atoms with Crippen LogP contribution in [0.4, 0.5) is 0 Å². The number of nitrogens with zero attached hydrogens (tertiary/aromatic N) is 3. The molecule has 0 bridgehead atoms. The van der Waals surface area contributed by atoms with Crippen LogP contribution in [-0.2, 0) is 11.3 Å². The van der Waals surface area contributed by atoms with Gasteiger partial charge in [-0.25, -0.2) is 0 Å². The predicted molar refractivity (Wildman–Crippen MR) is 110 cm³/mol. The van der Waals surface area contributed by atoms with Crippen molar-refractivity contribution in [3.8, 4) is 11.4 Å². The van der Waals surface area contributed by atoms with Crippen LogP contribution in [0.1, 0.15) is 19.4 Å². The number of aromatic nitrogens is 3. The monoisotopic (exact) mass is 400 g/mol. The zero-order valence-corrected chi connectivity index (χ0v) is 16.8. The van der Waals surface area contributed by atoms with Gasteiger partial charge in [0.05, 0.1) is 12.3 Å². The van der Waals surface area contributed by atoms with Gasteiger partial charge < -0.3 is 5.32 Å². The lowest BCUT2D eigenvalue weighted by Gasteiger charge is -2.11. The van der Waals surface area contributed by atoms with Crippen LogP contribution in [0.5, 0.6) is 0 Å². The van der Waals surface area contributed by atoms with Crippen LogP contribution in [0.25, 0.3) is 11.4 Å². The van der Waals surface area contributed by atoms with Gasteiger partial charge in [0, 0.05) is 16.6 Å². The lowest BCUT2D eigenvalue weighted by molar-refractivity contribution is -0.119. The van der Waals surface area contributed by atoms with E-state index >= 15 is 0 Å². The molecule has 1 heterocycles. The summed E-state index contributed by atoms with van der Waals surface area (Å²) in [5.74, 6) is 1.03. The highest BCUT2D eigenvalue weighted by molar-refractivity contribution is 7.99. The van der Waals surface area contributed by atoms with Crippen LogP contribution in [0.3, 0.4) is 0 Å². The topological polar surface area (TPSA) is 59.8 Å². The van der Waals surface area contributed by atoms with Crippen molar-refractivity contribution in [2.45, 2.75) is 31.6 Å². The van der Waals surface area contributed by atoms with E-state index in [2.05, 4.69) is 27.6 Å². The Labute approximate surface area is 168 Å². The Balaban J connectivity index is 1.88. The summed E-state index contributed by atoms with van der Waals surface area (Å²) in [6.45, 7) is 4.51. The lowest BCUT2D eigenvalue weighted by Crippen LogP contribution is -2.31. The van der Waals surface area contributed by atoms with Crippen LogP contribution in [0.2, 0.25) is 5.02 Å². The predicted octanol–water partition coefficient (Wildman–Crippen LogP) is 4.26. The number of amides is 1. The molecule has 0 saturated heterocycles. The molecule has 5 nitrogen and oxygen atoms in total. The smallest absolute Gasteiger partial charge is 0.230 e. The molecule has 2 aromatic carbocycles. The Morgan fingerprint density at radius 2 is 1.81 bits per heavy atom. The van der Waals surface area contributed by atoms with Gasteiger partial charge in [0.2, 0.25) is 5.91 Å². The van der Waals surface area contributed by atoms with Gasteiger partial charge in [-0.15, -0.1) is 10.2 Å². The maximum Gasteiger partial charge on any atom is 0.230 e. The number of thioether (sulfide) groups is 1. The third-order valence-corrected chi connectivity index (χ3v) is 5.00. The molecule has 27 heavy (non-hydrogen) atoms. The Bertz CT molecular complexity index is 894. The van der Waals surface area contributed by atoms with Gasteiger partial charge >= 0.3 is 0 Å². The van der Waals surface area contributed by atoms with E-state index in [1.54, 1.807) is 0 Å². The summed E-state index contributed by atoms with van der Waals surface area (Å²) in [5.41, 5.74) is 2.07. The SMILES string of the molecule is CC(C)NC(=O)CSc1nnc(-c2ccc(Cl)cc2)n1Cc1ccccc1. The van der Waals surface area contributed by atoms with Crippen LogP contribution >= 0.6 is 23.4 Å². The van der Waals surface area contributed by atoms with Gasteiger partial charge in [0.15, 0.2) is 11.0 Å². The fourth-order valence-electron chi connectivity index (χ4n) is 2.61. The minimum absolute atomic E-state index is 0.0164. The van der Waals surface area contributed by atoms with Crippen molar-refractivity contribution in [1.82, 2.24) is 20.1 Å². The molecule has 0 unspecified atom stereocenters. The fraction of sp³-hybridized carbons (Fsp3) is 0.250. The number of carbonyl (C=O) groups excluding carboxylic acids is 1. The van der Waals surface area contributed by atoms with Crippen molar-refractivity contribution in [2.24, 2.45) is 0 Å². The third-order valence-electron chi connectivity index (χ3n) is 3.78. The molecule has 0 radical (unpaired) electrons. The Morgan fingerprint density at radius 3 is 2.48 bits per heavy atom. The number of benzene rings is 2. The molecule has 3 aromatic rings. The van der Waals surface area contributed by atoms with Crippen molar-refractivity contribution >= 4 is 29.3 Å². The van der Waals surface area contributed by atoms with Crippen molar-refractivity contribution in [2.75, 3.05) is 5.75 Å². The first-order chi connectivity index (χ1) is 13.0. The largest absolute Gasteiger partial charge is 0.353 e. The zero-order valence-electron chi connectivity index (χ0n) is 15.2. The molecule has 1 amide bonds. The summed E-state index contributed by atoms with van der Waals surface area (Å²) in [6.07, 6.45) is 0. The summed E-state index contributed by atoms with van der Waals surface area (Å²) >= 11 is 7.39. The van der Waals surface area contributed by atoms with Gasteiger partial charge in [-0.2, -0.15) is 0 Å². The molecule has 3 rings (SSSR count).